The zero-order chi connectivity index (χ0) is 20.1. The molecule has 0 spiro atoms. The standard InChI is InChI=1S/C20H11N3O6/c24-19-14-3-1-2-12-7-13(23(26)27)8-15(18(12)14)20(25)22(19)21-9-11-4-5-16-17(6-11)29-10-28-16/h1-9H,10H2/b21-9-. The monoisotopic (exact) mass is 389 g/mol. The van der Waals surface area contributed by atoms with Gasteiger partial charge in [0.15, 0.2) is 11.5 Å². The highest BCUT2D eigenvalue weighted by Crippen LogP contribution is 2.34. The molecule has 0 saturated heterocycles. The van der Waals surface area contributed by atoms with E-state index in [2.05, 4.69) is 5.10 Å². The zero-order valence-corrected chi connectivity index (χ0v) is 14.7. The summed E-state index contributed by atoms with van der Waals surface area (Å²) in [7, 11) is 0. The second kappa shape index (κ2) is 6.13. The van der Waals surface area contributed by atoms with Crippen LogP contribution in [0.1, 0.15) is 26.3 Å². The number of nitrogens with zero attached hydrogens (tertiary/aromatic N) is 3. The number of carbonyl (C=O) groups is 2. The summed E-state index contributed by atoms with van der Waals surface area (Å²) < 4.78 is 10.5. The summed E-state index contributed by atoms with van der Waals surface area (Å²) in [5.41, 5.74) is 0.687. The van der Waals surface area contributed by atoms with Gasteiger partial charge in [-0.25, -0.2) is 0 Å². The summed E-state index contributed by atoms with van der Waals surface area (Å²) in [5, 5.41) is 16.8. The Morgan fingerprint density at radius 2 is 1.79 bits per heavy atom. The van der Waals surface area contributed by atoms with E-state index < -0.39 is 16.7 Å². The number of carbonyl (C=O) groups excluding carboxylic acids is 2. The number of nitro benzene ring substituents is 1. The largest absolute Gasteiger partial charge is 0.454 e. The first-order chi connectivity index (χ1) is 14.0. The first-order valence-electron chi connectivity index (χ1n) is 8.56. The van der Waals surface area contributed by atoms with Crippen molar-refractivity contribution in [1.82, 2.24) is 5.01 Å². The number of non-ortho nitro benzene ring substituents is 1. The molecule has 0 atom stereocenters. The molecule has 9 nitrogen and oxygen atoms in total. The Kier molecular flexibility index (Phi) is 3.56. The molecule has 0 saturated carbocycles. The molecule has 3 aromatic rings. The van der Waals surface area contributed by atoms with Gasteiger partial charge in [-0.1, -0.05) is 12.1 Å². The van der Waals surface area contributed by atoms with Crippen LogP contribution >= 0.6 is 0 Å². The molecule has 9 heteroatoms. The van der Waals surface area contributed by atoms with Crippen LogP contribution in [0.2, 0.25) is 0 Å². The lowest BCUT2D eigenvalue weighted by Crippen LogP contribution is -2.36. The molecule has 2 aliphatic rings. The maximum Gasteiger partial charge on any atom is 0.282 e. The third-order valence-corrected chi connectivity index (χ3v) is 4.74. The van der Waals surface area contributed by atoms with E-state index in [4.69, 9.17) is 9.47 Å². The third-order valence-electron chi connectivity index (χ3n) is 4.74. The molecule has 0 radical (unpaired) electrons. The van der Waals surface area contributed by atoms with Gasteiger partial charge < -0.3 is 9.47 Å². The summed E-state index contributed by atoms with van der Waals surface area (Å²) in [6.07, 6.45) is 1.35. The Morgan fingerprint density at radius 1 is 1.00 bits per heavy atom. The predicted octanol–water partition coefficient (Wildman–Crippen LogP) is 3.11. The van der Waals surface area contributed by atoms with Crippen molar-refractivity contribution in [1.29, 1.82) is 0 Å². The van der Waals surface area contributed by atoms with Gasteiger partial charge in [0.05, 0.1) is 22.3 Å². The van der Waals surface area contributed by atoms with Gasteiger partial charge in [0, 0.05) is 17.5 Å². The van der Waals surface area contributed by atoms with Crippen LogP contribution in [0.25, 0.3) is 10.8 Å². The molecule has 2 amide bonds. The van der Waals surface area contributed by atoms with Crippen LogP contribution in [0.15, 0.2) is 53.6 Å². The highest BCUT2D eigenvalue weighted by molar-refractivity contribution is 6.25. The van der Waals surface area contributed by atoms with Crippen molar-refractivity contribution >= 4 is 34.5 Å². The smallest absolute Gasteiger partial charge is 0.282 e. The van der Waals surface area contributed by atoms with E-state index in [0.29, 0.717) is 32.8 Å². The van der Waals surface area contributed by atoms with E-state index in [-0.39, 0.29) is 23.6 Å². The molecule has 2 aliphatic heterocycles. The lowest BCUT2D eigenvalue weighted by Gasteiger charge is -2.22. The Labute approximate surface area is 162 Å². The van der Waals surface area contributed by atoms with Crippen LogP contribution in [-0.4, -0.2) is 34.8 Å². The van der Waals surface area contributed by atoms with Crippen molar-refractivity contribution < 1.29 is 24.0 Å². The van der Waals surface area contributed by atoms with Crippen molar-refractivity contribution in [3.63, 3.8) is 0 Å². The van der Waals surface area contributed by atoms with Gasteiger partial charge in [-0.05, 0) is 35.2 Å². The van der Waals surface area contributed by atoms with Gasteiger partial charge in [-0.3, -0.25) is 19.7 Å². The molecular formula is C20H11N3O6. The number of hydrogen-bond donors (Lipinski definition) is 0. The van der Waals surface area contributed by atoms with Crippen LogP contribution in [0, 0.1) is 10.1 Å². The minimum Gasteiger partial charge on any atom is -0.454 e. The highest BCUT2D eigenvalue weighted by Gasteiger charge is 2.34. The van der Waals surface area contributed by atoms with Crippen LogP contribution in [-0.2, 0) is 0 Å². The quantitative estimate of drug-likeness (QED) is 0.294. The van der Waals surface area contributed by atoms with E-state index in [1.54, 1.807) is 36.4 Å². The second-order valence-electron chi connectivity index (χ2n) is 6.43. The molecular weight excluding hydrogens is 378 g/mol. The maximum absolute atomic E-state index is 12.9. The molecule has 0 unspecified atom stereocenters. The van der Waals surface area contributed by atoms with Gasteiger partial charge in [0.25, 0.3) is 17.5 Å². The number of hydrazone groups is 1. The van der Waals surface area contributed by atoms with Crippen LogP contribution in [0.3, 0.4) is 0 Å². The topological polar surface area (TPSA) is 111 Å². The van der Waals surface area contributed by atoms with Crippen molar-refractivity contribution in [2.75, 3.05) is 6.79 Å². The number of rotatable bonds is 3. The third kappa shape index (κ3) is 2.59. The normalized spacial score (nSPS) is 14.8. The minimum absolute atomic E-state index is 0.0623. The number of nitro groups is 1. The number of imide groups is 1. The second-order valence-corrected chi connectivity index (χ2v) is 6.43. The molecule has 2 heterocycles. The van der Waals surface area contributed by atoms with Crippen molar-refractivity contribution in [3.05, 3.63) is 75.3 Å². The van der Waals surface area contributed by atoms with Gasteiger partial charge in [-0.2, -0.15) is 10.1 Å². The minimum atomic E-state index is -0.723. The SMILES string of the molecule is O=C1c2cccc3cc([N+](=O)[O-])cc(c23)C(=O)N1/N=C\c1ccc2c(c1)OCO2. The molecule has 142 valence electrons. The van der Waals surface area contributed by atoms with Crippen molar-refractivity contribution in [2.45, 2.75) is 0 Å². The highest BCUT2D eigenvalue weighted by atomic mass is 16.7. The first kappa shape index (κ1) is 16.9. The molecule has 29 heavy (non-hydrogen) atoms. The Hall–Kier alpha value is -4.27. The molecule has 0 aromatic heterocycles. The summed E-state index contributed by atoms with van der Waals surface area (Å²) in [6.45, 7) is 0.124. The molecule has 0 fully saturated rings. The predicted molar refractivity (Wildman–Crippen MR) is 101 cm³/mol. The van der Waals surface area contributed by atoms with Crippen molar-refractivity contribution in [3.8, 4) is 11.5 Å². The number of fused-ring (bicyclic) bond motifs is 1. The van der Waals surface area contributed by atoms with E-state index >= 15 is 0 Å². The average molecular weight is 389 g/mol. The molecule has 0 bridgehead atoms. The summed E-state index contributed by atoms with van der Waals surface area (Å²) in [4.78, 5) is 36.4. The van der Waals surface area contributed by atoms with E-state index in [0.717, 1.165) is 0 Å². The van der Waals surface area contributed by atoms with Crippen LogP contribution in [0.5, 0.6) is 11.5 Å². The fourth-order valence-electron chi connectivity index (χ4n) is 3.41. The molecule has 3 aromatic carbocycles. The van der Waals surface area contributed by atoms with Crippen molar-refractivity contribution in [2.24, 2.45) is 5.10 Å². The Balaban J connectivity index is 1.58. The lowest BCUT2D eigenvalue weighted by molar-refractivity contribution is -0.384. The molecule has 0 N–H and O–H groups in total. The Morgan fingerprint density at radius 3 is 2.62 bits per heavy atom. The molecule has 0 aliphatic carbocycles. The van der Waals surface area contributed by atoms with E-state index in [1.165, 1.54) is 18.3 Å². The van der Waals surface area contributed by atoms with Gasteiger partial charge >= 0.3 is 0 Å². The Bertz CT molecular complexity index is 1270. The number of amides is 2. The summed E-state index contributed by atoms with van der Waals surface area (Å²) >= 11 is 0. The fourth-order valence-corrected chi connectivity index (χ4v) is 3.41. The van der Waals surface area contributed by atoms with Crippen LogP contribution in [0.4, 0.5) is 5.69 Å². The number of hydrogen-bond acceptors (Lipinski definition) is 7. The maximum atomic E-state index is 12.9. The van der Waals surface area contributed by atoms with E-state index in [1.807, 2.05) is 0 Å². The lowest BCUT2D eigenvalue weighted by atomic mass is 9.94. The summed E-state index contributed by atoms with van der Waals surface area (Å²) in [5.74, 6) is -0.186. The average Bonchev–Trinajstić information content (AvgIpc) is 3.19. The molecule has 5 rings (SSSR count). The number of ether oxygens (including phenoxy) is 2. The van der Waals surface area contributed by atoms with E-state index in [9.17, 15) is 19.7 Å². The number of benzene rings is 3. The zero-order valence-electron chi connectivity index (χ0n) is 14.7. The van der Waals surface area contributed by atoms with Crippen LogP contribution < -0.4 is 9.47 Å². The first-order valence-corrected chi connectivity index (χ1v) is 8.56. The van der Waals surface area contributed by atoms with Gasteiger partial charge in [0.1, 0.15) is 0 Å². The summed E-state index contributed by atoms with van der Waals surface area (Å²) in [6, 6.07) is 12.4. The fraction of sp³-hybridized carbons (Fsp3) is 0.0500. The van der Waals surface area contributed by atoms with Gasteiger partial charge in [0.2, 0.25) is 6.79 Å². The van der Waals surface area contributed by atoms with Gasteiger partial charge in [-0.15, -0.1) is 0 Å².